The molecule has 0 bridgehead atoms. The number of carbonyl (C=O) groups excluding carboxylic acids is 2. The molecule has 3 rings (SSSR count). The van der Waals surface area contributed by atoms with E-state index in [4.69, 9.17) is 16.3 Å². The summed E-state index contributed by atoms with van der Waals surface area (Å²) in [4.78, 5) is 27.9. The van der Waals surface area contributed by atoms with Gasteiger partial charge in [0.15, 0.2) is 0 Å². The zero-order valence-electron chi connectivity index (χ0n) is 14.8. The Morgan fingerprint density at radius 1 is 1.12 bits per heavy atom. The van der Waals surface area contributed by atoms with Crippen molar-refractivity contribution in [2.75, 3.05) is 32.8 Å². The summed E-state index contributed by atoms with van der Waals surface area (Å²) in [5, 5.41) is 5.09. The number of aryl methyl sites for hydroxylation is 1. The first-order valence-electron chi connectivity index (χ1n) is 8.50. The first-order chi connectivity index (χ1) is 12.5. The lowest BCUT2D eigenvalue weighted by molar-refractivity contribution is 0.0562. The maximum absolute atomic E-state index is 12.8. The third-order valence-electron chi connectivity index (χ3n) is 4.33. The minimum absolute atomic E-state index is 0.0938. The van der Waals surface area contributed by atoms with Gasteiger partial charge >= 0.3 is 6.09 Å². The highest BCUT2D eigenvalue weighted by Gasteiger charge is 2.27. The fraction of sp³-hybridized carbons (Fsp3) is 0.389. The lowest BCUT2D eigenvalue weighted by Gasteiger charge is -2.33. The van der Waals surface area contributed by atoms with E-state index in [1.165, 1.54) is 0 Å². The van der Waals surface area contributed by atoms with Crippen LogP contribution >= 0.6 is 11.6 Å². The molecule has 138 valence electrons. The van der Waals surface area contributed by atoms with E-state index in [1.54, 1.807) is 46.7 Å². The zero-order chi connectivity index (χ0) is 18.7. The van der Waals surface area contributed by atoms with Crippen LogP contribution in [0.3, 0.4) is 0 Å². The molecule has 0 saturated carbocycles. The number of benzene rings is 1. The number of rotatable bonds is 3. The topological polar surface area (TPSA) is 67.7 Å². The first kappa shape index (κ1) is 18.3. The van der Waals surface area contributed by atoms with Crippen LogP contribution < -0.4 is 0 Å². The molecule has 0 atom stereocenters. The lowest BCUT2D eigenvalue weighted by atomic mass is 10.1. The van der Waals surface area contributed by atoms with Gasteiger partial charge in [0.1, 0.15) is 5.69 Å². The molecule has 1 aliphatic rings. The Kier molecular flexibility index (Phi) is 5.46. The van der Waals surface area contributed by atoms with Crippen LogP contribution in [0.25, 0.3) is 11.3 Å². The Morgan fingerprint density at radius 3 is 2.35 bits per heavy atom. The third kappa shape index (κ3) is 3.83. The van der Waals surface area contributed by atoms with E-state index in [1.807, 2.05) is 12.1 Å². The zero-order valence-corrected chi connectivity index (χ0v) is 15.6. The Labute approximate surface area is 157 Å². The average Bonchev–Trinajstić information content (AvgIpc) is 3.04. The molecule has 7 nitrogen and oxygen atoms in total. The number of hydrogen-bond donors (Lipinski definition) is 0. The van der Waals surface area contributed by atoms with Gasteiger partial charge in [0.25, 0.3) is 5.91 Å². The van der Waals surface area contributed by atoms with Gasteiger partial charge in [0.2, 0.25) is 0 Å². The highest BCUT2D eigenvalue weighted by atomic mass is 35.5. The molecule has 0 aliphatic carbocycles. The molecule has 1 saturated heterocycles. The summed E-state index contributed by atoms with van der Waals surface area (Å²) in [6.07, 6.45) is -0.329. The smallest absolute Gasteiger partial charge is 0.409 e. The van der Waals surface area contributed by atoms with E-state index in [-0.39, 0.29) is 12.0 Å². The number of piperazine rings is 1. The fourth-order valence-electron chi connectivity index (χ4n) is 2.90. The molecule has 0 spiro atoms. The van der Waals surface area contributed by atoms with Crippen LogP contribution in [0.1, 0.15) is 17.4 Å². The van der Waals surface area contributed by atoms with Gasteiger partial charge < -0.3 is 14.5 Å². The van der Waals surface area contributed by atoms with Gasteiger partial charge in [0.05, 0.1) is 12.3 Å². The molecule has 26 heavy (non-hydrogen) atoms. The van der Waals surface area contributed by atoms with Gasteiger partial charge in [-0.2, -0.15) is 5.10 Å². The number of hydrogen-bond acceptors (Lipinski definition) is 4. The summed E-state index contributed by atoms with van der Waals surface area (Å²) in [7, 11) is 1.75. The standard InChI is InChI=1S/C18H21ClN4O3/c1-3-26-18(25)23-10-8-22(9-11-23)17(24)16-12-15(20-21(16)2)13-4-6-14(19)7-5-13/h4-7,12H,3,8-11H2,1-2H3. The van der Waals surface area contributed by atoms with Gasteiger partial charge in [-0.05, 0) is 25.1 Å². The quantitative estimate of drug-likeness (QED) is 0.825. The number of ether oxygens (including phenoxy) is 1. The molecular weight excluding hydrogens is 356 g/mol. The van der Waals surface area contributed by atoms with Crippen LogP contribution in [0.4, 0.5) is 4.79 Å². The molecule has 1 aliphatic heterocycles. The maximum Gasteiger partial charge on any atom is 0.409 e. The van der Waals surface area contributed by atoms with Crippen LogP contribution in [0, 0.1) is 0 Å². The van der Waals surface area contributed by atoms with Crippen molar-refractivity contribution in [1.29, 1.82) is 0 Å². The number of aromatic nitrogens is 2. The fourth-order valence-corrected chi connectivity index (χ4v) is 3.02. The van der Waals surface area contributed by atoms with Crippen molar-refractivity contribution < 1.29 is 14.3 Å². The van der Waals surface area contributed by atoms with Crippen molar-refractivity contribution in [2.45, 2.75) is 6.92 Å². The van der Waals surface area contributed by atoms with Crippen molar-refractivity contribution >= 4 is 23.6 Å². The van der Waals surface area contributed by atoms with Crippen LogP contribution in [-0.4, -0.2) is 64.4 Å². The molecule has 1 aromatic carbocycles. The van der Waals surface area contributed by atoms with Crippen molar-refractivity contribution in [3.05, 3.63) is 41.0 Å². The minimum atomic E-state index is -0.329. The molecule has 0 radical (unpaired) electrons. The van der Waals surface area contributed by atoms with Crippen LogP contribution in [0.5, 0.6) is 0 Å². The summed E-state index contributed by atoms with van der Waals surface area (Å²) in [5.74, 6) is -0.0938. The average molecular weight is 377 g/mol. The lowest BCUT2D eigenvalue weighted by Crippen LogP contribution is -2.51. The van der Waals surface area contributed by atoms with Gasteiger partial charge in [-0.15, -0.1) is 0 Å². The van der Waals surface area contributed by atoms with Gasteiger partial charge in [0, 0.05) is 43.8 Å². The molecule has 0 N–H and O–H groups in total. The second-order valence-electron chi connectivity index (χ2n) is 6.02. The van der Waals surface area contributed by atoms with Gasteiger partial charge in [-0.1, -0.05) is 23.7 Å². The highest BCUT2D eigenvalue weighted by molar-refractivity contribution is 6.30. The second kappa shape index (κ2) is 7.78. The van der Waals surface area contributed by atoms with Crippen molar-refractivity contribution in [3.63, 3.8) is 0 Å². The van der Waals surface area contributed by atoms with E-state index in [2.05, 4.69) is 5.10 Å². The first-order valence-corrected chi connectivity index (χ1v) is 8.88. The summed E-state index contributed by atoms with van der Waals surface area (Å²) < 4.78 is 6.59. The van der Waals surface area contributed by atoms with E-state index in [0.29, 0.717) is 43.5 Å². The molecule has 1 fully saturated rings. The molecule has 2 aromatic rings. The van der Waals surface area contributed by atoms with E-state index >= 15 is 0 Å². The van der Waals surface area contributed by atoms with E-state index in [0.717, 1.165) is 11.3 Å². The number of amides is 2. The summed E-state index contributed by atoms with van der Waals surface area (Å²) in [6.45, 7) is 4.00. The van der Waals surface area contributed by atoms with Crippen molar-refractivity contribution in [2.24, 2.45) is 7.05 Å². The predicted molar refractivity (Wildman–Crippen MR) is 98.2 cm³/mol. The van der Waals surface area contributed by atoms with Crippen molar-refractivity contribution in [3.8, 4) is 11.3 Å². The Hall–Kier alpha value is -2.54. The van der Waals surface area contributed by atoms with Crippen LogP contribution in [0.2, 0.25) is 5.02 Å². The number of nitrogens with zero attached hydrogens (tertiary/aromatic N) is 4. The minimum Gasteiger partial charge on any atom is -0.450 e. The maximum atomic E-state index is 12.8. The second-order valence-corrected chi connectivity index (χ2v) is 6.46. The predicted octanol–water partition coefficient (Wildman–Crippen LogP) is 2.65. The Bertz CT molecular complexity index is 795. The number of halogens is 1. The molecule has 8 heteroatoms. The Balaban J connectivity index is 1.69. The van der Waals surface area contributed by atoms with Crippen molar-refractivity contribution in [1.82, 2.24) is 19.6 Å². The third-order valence-corrected chi connectivity index (χ3v) is 4.58. The van der Waals surface area contributed by atoms with Gasteiger partial charge in [-0.25, -0.2) is 4.79 Å². The normalized spacial score (nSPS) is 14.4. The SMILES string of the molecule is CCOC(=O)N1CCN(C(=O)c2cc(-c3ccc(Cl)cc3)nn2C)CC1. The van der Waals surface area contributed by atoms with Gasteiger partial charge in [-0.3, -0.25) is 9.48 Å². The summed E-state index contributed by atoms with van der Waals surface area (Å²) in [6, 6.07) is 9.11. The molecule has 2 amide bonds. The van der Waals surface area contributed by atoms with Crippen LogP contribution in [0.15, 0.2) is 30.3 Å². The number of carbonyl (C=O) groups is 2. The summed E-state index contributed by atoms with van der Waals surface area (Å²) >= 11 is 5.92. The molecule has 0 unspecified atom stereocenters. The highest BCUT2D eigenvalue weighted by Crippen LogP contribution is 2.22. The Morgan fingerprint density at radius 2 is 1.73 bits per heavy atom. The molecule has 2 heterocycles. The largest absolute Gasteiger partial charge is 0.450 e. The molecular formula is C18H21ClN4O3. The van der Waals surface area contributed by atoms with E-state index in [9.17, 15) is 9.59 Å². The van der Waals surface area contributed by atoms with E-state index < -0.39 is 0 Å². The molecule has 1 aromatic heterocycles. The summed E-state index contributed by atoms with van der Waals surface area (Å²) in [5.41, 5.74) is 2.13. The van der Waals surface area contributed by atoms with Crippen LogP contribution in [-0.2, 0) is 11.8 Å². The monoisotopic (exact) mass is 376 g/mol.